The Bertz CT molecular complexity index is 1290. The first-order valence-electron chi connectivity index (χ1n) is 28.3. The molecular weight excluding hydrogens is 870 g/mol. The van der Waals surface area contributed by atoms with Crippen molar-refractivity contribution in [1.82, 2.24) is 0 Å². The molecule has 0 radical (unpaired) electrons. The summed E-state index contributed by atoms with van der Waals surface area (Å²) < 4.78 is 33.9. The first kappa shape index (κ1) is 66.0. The lowest BCUT2D eigenvalue weighted by Crippen LogP contribution is -2.37. The highest BCUT2D eigenvalue weighted by molar-refractivity contribution is 7.45. The first-order chi connectivity index (χ1) is 33.0. The molecule has 9 nitrogen and oxygen atoms in total. The maximum Gasteiger partial charge on any atom is 0.306 e. The summed E-state index contributed by atoms with van der Waals surface area (Å²) in [4.78, 5) is 37.5. The smallest absolute Gasteiger partial charge is 0.306 e. The zero-order valence-corrected chi connectivity index (χ0v) is 45.9. The molecule has 68 heavy (non-hydrogen) atoms. The van der Waals surface area contributed by atoms with Crippen LogP contribution in [0.4, 0.5) is 0 Å². The lowest BCUT2D eigenvalue weighted by atomic mass is 10.0. The van der Waals surface area contributed by atoms with Crippen LogP contribution in [0.2, 0.25) is 0 Å². The Morgan fingerprint density at radius 3 is 1.25 bits per heavy atom. The molecule has 0 rings (SSSR count). The van der Waals surface area contributed by atoms with E-state index < -0.39 is 26.5 Å². The second kappa shape index (κ2) is 49.9. The monoisotopic (exact) mass is 978 g/mol. The van der Waals surface area contributed by atoms with E-state index >= 15 is 0 Å². The van der Waals surface area contributed by atoms with Crippen molar-refractivity contribution in [1.29, 1.82) is 0 Å². The van der Waals surface area contributed by atoms with Crippen LogP contribution in [-0.4, -0.2) is 70.0 Å². The van der Waals surface area contributed by atoms with Crippen molar-refractivity contribution >= 4 is 19.8 Å². The van der Waals surface area contributed by atoms with Crippen molar-refractivity contribution < 1.29 is 42.1 Å². The zero-order chi connectivity index (χ0) is 49.9. The standard InChI is InChI=1S/C58H108NO8P/c1-6-8-10-12-14-15-16-17-18-19-20-21-22-23-24-25-26-27-28-29-30-31-32-33-34-35-36-37-38-39-40-41-42-43-45-47-49-51-58(61)67-56(55-66-68(62,63)65-53-52-59(3,4)5)54-64-57(60)50-48-46-44-13-11-9-7-2/h8,10,14-15,17-18,20-21,56H,6-7,9,11-13,16,19,22-55H2,1-5H3/b10-8-,15-14-,18-17-,21-20-. The number of hydrogen-bond donors (Lipinski definition) is 0. The molecule has 10 heteroatoms. The summed E-state index contributed by atoms with van der Waals surface area (Å²) in [7, 11) is 1.18. The number of phosphoric ester groups is 1. The number of unbranched alkanes of at least 4 members (excludes halogenated alkanes) is 30. The molecule has 0 spiro atoms. The highest BCUT2D eigenvalue weighted by Gasteiger charge is 2.21. The Balaban J connectivity index is 3.81. The van der Waals surface area contributed by atoms with Crippen molar-refractivity contribution in [3.8, 4) is 0 Å². The maximum absolute atomic E-state index is 12.7. The molecule has 2 unspecified atom stereocenters. The van der Waals surface area contributed by atoms with Gasteiger partial charge in [-0.05, 0) is 51.4 Å². The van der Waals surface area contributed by atoms with Crippen LogP contribution in [0.15, 0.2) is 48.6 Å². The maximum atomic E-state index is 12.7. The molecule has 2 atom stereocenters. The third-order valence-electron chi connectivity index (χ3n) is 12.4. The van der Waals surface area contributed by atoms with Gasteiger partial charge in [0.05, 0.1) is 27.7 Å². The van der Waals surface area contributed by atoms with Crippen molar-refractivity contribution in [3.05, 3.63) is 48.6 Å². The van der Waals surface area contributed by atoms with E-state index in [2.05, 4.69) is 62.5 Å². The SMILES string of the molecule is CC/C=C\C/C=C\C/C=C\C/C=C\CCCCCCCCCCCCCCCCCCCCCCCCCCC(=O)OC(COC(=O)CCCCCCCCC)COP(=O)([O-])OCC[N+](C)(C)C. The summed E-state index contributed by atoms with van der Waals surface area (Å²) in [6, 6.07) is 0. The summed E-state index contributed by atoms with van der Waals surface area (Å²) in [5.41, 5.74) is 0. The van der Waals surface area contributed by atoms with Crippen LogP contribution < -0.4 is 4.89 Å². The minimum atomic E-state index is -4.62. The van der Waals surface area contributed by atoms with E-state index in [1.165, 1.54) is 167 Å². The fourth-order valence-corrected chi connectivity index (χ4v) is 8.73. The third kappa shape index (κ3) is 53.3. The summed E-state index contributed by atoms with van der Waals surface area (Å²) in [5, 5.41) is 0. The normalized spacial score (nSPS) is 13.7. The summed E-state index contributed by atoms with van der Waals surface area (Å²) in [6.07, 6.45) is 62.2. The van der Waals surface area contributed by atoms with E-state index in [0.29, 0.717) is 17.4 Å². The van der Waals surface area contributed by atoms with Crippen LogP contribution >= 0.6 is 7.82 Å². The van der Waals surface area contributed by atoms with Crippen molar-refractivity contribution in [3.63, 3.8) is 0 Å². The number of nitrogens with zero attached hydrogens (tertiary/aromatic N) is 1. The number of esters is 2. The van der Waals surface area contributed by atoms with Crippen LogP contribution in [0.5, 0.6) is 0 Å². The van der Waals surface area contributed by atoms with Crippen LogP contribution in [0.25, 0.3) is 0 Å². The number of rotatable bonds is 52. The summed E-state index contributed by atoms with van der Waals surface area (Å²) >= 11 is 0. The Labute approximate surface area is 420 Å². The number of allylic oxidation sites excluding steroid dienone is 8. The van der Waals surface area contributed by atoms with Crippen LogP contribution in [0, 0.1) is 0 Å². The number of carbonyl (C=O) groups excluding carboxylic acids is 2. The van der Waals surface area contributed by atoms with E-state index in [1.54, 1.807) is 0 Å². The van der Waals surface area contributed by atoms with Crippen LogP contribution in [0.3, 0.4) is 0 Å². The highest BCUT2D eigenvalue weighted by Crippen LogP contribution is 2.38. The van der Waals surface area contributed by atoms with Crippen molar-refractivity contribution in [2.24, 2.45) is 0 Å². The molecule has 0 aliphatic heterocycles. The quantitative estimate of drug-likeness (QED) is 0.0195. The van der Waals surface area contributed by atoms with Gasteiger partial charge in [-0.15, -0.1) is 0 Å². The van der Waals surface area contributed by atoms with Gasteiger partial charge in [-0.3, -0.25) is 14.2 Å². The number of quaternary nitrogens is 1. The predicted octanol–water partition coefficient (Wildman–Crippen LogP) is 16.7. The van der Waals surface area contributed by atoms with E-state index in [-0.39, 0.29) is 32.0 Å². The molecule has 0 aromatic rings. The predicted molar refractivity (Wildman–Crippen MR) is 287 cm³/mol. The van der Waals surface area contributed by atoms with E-state index in [4.69, 9.17) is 18.5 Å². The molecular formula is C58H108NO8P. The molecule has 398 valence electrons. The van der Waals surface area contributed by atoms with Gasteiger partial charge >= 0.3 is 11.9 Å². The van der Waals surface area contributed by atoms with E-state index in [1.807, 2.05) is 21.1 Å². The lowest BCUT2D eigenvalue weighted by Gasteiger charge is -2.28. The largest absolute Gasteiger partial charge is 0.756 e. The molecule has 0 aromatic heterocycles. The number of ether oxygens (including phenoxy) is 2. The van der Waals surface area contributed by atoms with E-state index in [9.17, 15) is 19.0 Å². The molecule has 0 N–H and O–H groups in total. The molecule has 0 aliphatic rings. The lowest BCUT2D eigenvalue weighted by molar-refractivity contribution is -0.870. The van der Waals surface area contributed by atoms with Crippen molar-refractivity contribution in [2.75, 3.05) is 47.5 Å². The summed E-state index contributed by atoms with van der Waals surface area (Å²) in [5.74, 6) is -0.830. The third-order valence-corrected chi connectivity index (χ3v) is 13.3. The zero-order valence-electron chi connectivity index (χ0n) is 45.1. The number of phosphoric acid groups is 1. The second-order valence-corrected chi connectivity index (χ2v) is 21.7. The Kier molecular flexibility index (Phi) is 48.4. The van der Waals surface area contributed by atoms with Crippen molar-refractivity contribution in [2.45, 2.75) is 264 Å². The fraction of sp³-hybridized carbons (Fsp3) is 0.828. The molecule has 0 aliphatic carbocycles. The molecule has 0 saturated heterocycles. The Hall–Kier alpha value is -2.03. The van der Waals surface area contributed by atoms with Gasteiger partial charge in [0.25, 0.3) is 7.82 Å². The first-order valence-corrected chi connectivity index (χ1v) is 29.8. The number of hydrogen-bond acceptors (Lipinski definition) is 8. The average Bonchev–Trinajstić information content (AvgIpc) is 3.30. The minimum absolute atomic E-state index is 0.0284. The highest BCUT2D eigenvalue weighted by atomic mass is 31.2. The van der Waals surface area contributed by atoms with Gasteiger partial charge in [0.15, 0.2) is 6.10 Å². The van der Waals surface area contributed by atoms with Gasteiger partial charge in [-0.1, -0.05) is 242 Å². The number of carbonyl (C=O) groups is 2. The molecule has 0 heterocycles. The van der Waals surface area contributed by atoms with E-state index in [0.717, 1.165) is 57.8 Å². The molecule has 0 fully saturated rings. The molecule has 0 aromatic carbocycles. The van der Waals surface area contributed by atoms with Gasteiger partial charge in [-0.2, -0.15) is 0 Å². The van der Waals surface area contributed by atoms with Gasteiger partial charge < -0.3 is 27.9 Å². The second-order valence-electron chi connectivity index (χ2n) is 20.3. The summed E-state index contributed by atoms with van der Waals surface area (Å²) in [6.45, 7) is 4.09. The van der Waals surface area contributed by atoms with Crippen LogP contribution in [0.1, 0.15) is 258 Å². The Morgan fingerprint density at radius 2 is 0.838 bits per heavy atom. The van der Waals surface area contributed by atoms with Gasteiger partial charge in [0.2, 0.25) is 0 Å². The average molecular weight is 978 g/mol. The van der Waals surface area contributed by atoms with Gasteiger partial charge in [-0.25, -0.2) is 0 Å². The molecule has 0 bridgehead atoms. The number of likely N-dealkylation sites (N-methyl/N-ethyl adjacent to an activating group) is 1. The topological polar surface area (TPSA) is 111 Å². The van der Waals surface area contributed by atoms with Crippen LogP contribution in [-0.2, 0) is 32.7 Å². The molecule has 0 saturated carbocycles. The minimum Gasteiger partial charge on any atom is -0.756 e. The van der Waals surface area contributed by atoms with Gasteiger partial charge in [0, 0.05) is 12.8 Å². The Morgan fingerprint density at radius 1 is 0.471 bits per heavy atom. The molecule has 0 amide bonds. The fourth-order valence-electron chi connectivity index (χ4n) is 8.00. The van der Waals surface area contributed by atoms with Gasteiger partial charge in [0.1, 0.15) is 19.8 Å².